The van der Waals surface area contributed by atoms with E-state index in [1.54, 1.807) is 36.4 Å². The predicted molar refractivity (Wildman–Crippen MR) is 168 cm³/mol. The number of benzene rings is 4. The second-order valence-corrected chi connectivity index (χ2v) is 13.2. The zero-order valence-electron chi connectivity index (χ0n) is 24.0. The lowest BCUT2D eigenvalue weighted by Gasteiger charge is -2.33. The molecule has 0 aliphatic heterocycles. The molecule has 0 radical (unpaired) electrons. The lowest BCUT2D eigenvalue weighted by molar-refractivity contribution is -0.141. The first-order valence-corrected chi connectivity index (χ1v) is 15.7. The molecule has 0 unspecified atom stereocenters. The maximum Gasteiger partial charge on any atom is 0.243 e. The average Bonchev–Trinajstić information content (AvgIpc) is 2.97. The molecule has 0 fully saturated rings. The Labute approximate surface area is 253 Å². The number of carbonyl (C=O) groups is 2. The number of hydrogen-bond donors (Lipinski definition) is 1. The van der Waals surface area contributed by atoms with Gasteiger partial charge in [-0.05, 0) is 52.1 Å². The minimum absolute atomic E-state index is 0.0792. The molecule has 4 rings (SSSR count). The van der Waals surface area contributed by atoms with E-state index in [2.05, 4.69) is 5.32 Å². The number of amides is 2. The smallest absolute Gasteiger partial charge is 0.243 e. The first-order valence-electron chi connectivity index (χ1n) is 13.9. The van der Waals surface area contributed by atoms with Crippen LogP contribution in [0.25, 0.3) is 10.8 Å². The van der Waals surface area contributed by atoms with E-state index in [1.807, 2.05) is 74.5 Å². The van der Waals surface area contributed by atoms with Crippen LogP contribution in [0.15, 0.2) is 102 Å². The van der Waals surface area contributed by atoms with Crippen molar-refractivity contribution in [2.24, 2.45) is 5.92 Å². The minimum Gasteiger partial charge on any atom is -0.354 e. The zero-order valence-corrected chi connectivity index (χ0v) is 25.6. The highest BCUT2D eigenvalue weighted by atomic mass is 35.5. The third kappa shape index (κ3) is 7.97. The molecule has 0 saturated heterocycles. The van der Waals surface area contributed by atoms with Crippen LogP contribution in [0.2, 0.25) is 5.02 Å². The van der Waals surface area contributed by atoms with Crippen molar-refractivity contribution in [3.05, 3.63) is 113 Å². The van der Waals surface area contributed by atoms with Crippen molar-refractivity contribution >= 4 is 44.2 Å². The maximum atomic E-state index is 14.0. The molecule has 9 heteroatoms. The van der Waals surface area contributed by atoms with Crippen LogP contribution in [-0.2, 0) is 32.6 Å². The maximum absolute atomic E-state index is 14.0. The number of halogens is 1. The van der Waals surface area contributed by atoms with Crippen LogP contribution in [-0.4, -0.2) is 55.6 Å². The molecule has 0 spiro atoms. The van der Waals surface area contributed by atoms with Gasteiger partial charge in [0, 0.05) is 31.6 Å². The molecule has 42 heavy (non-hydrogen) atoms. The molecule has 0 aliphatic rings. The number of nitrogens with zero attached hydrogens (tertiary/aromatic N) is 2. The number of sulfonamides is 1. The van der Waals surface area contributed by atoms with Gasteiger partial charge in [0.2, 0.25) is 21.8 Å². The van der Waals surface area contributed by atoms with E-state index in [0.717, 1.165) is 26.2 Å². The van der Waals surface area contributed by atoms with E-state index in [-0.39, 0.29) is 29.7 Å². The van der Waals surface area contributed by atoms with Crippen molar-refractivity contribution in [2.45, 2.75) is 37.8 Å². The fourth-order valence-electron chi connectivity index (χ4n) is 4.68. The van der Waals surface area contributed by atoms with Gasteiger partial charge < -0.3 is 10.2 Å². The van der Waals surface area contributed by atoms with Gasteiger partial charge >= 0.3 is 0 Å². The molecule has 1 N–H and O–H groups in total. The Hall–Kier alpha value is -3.72. The Kier molecular flexibility index (Phi) is 10.4. The molecule has 0 aromatic heterocycles. The minimum atomic E-state index is -4.00. The normalized spacial score (nSPS) is 12.4. The third-order valence-electron chi connectivity index (χ3n) is 6.98. The van der Waals surface area contributed by atoms with Crippen molar-refractivity contribution < 1.29 is 18.0 Å². The van der Waals surface area contributed by atoms with Crippen molar-refractivity contribution in [3.63, 3.8) is 0 Å². The number of fused-ring (bicyclic) bond motifs is 1. The van der Waals surface area contributed by atoms with Gasteiger partial charge in [-0.1, -0.05) is 98.2 Å². The van der Waals surface area contributed by atoms with Crippen LogP contribution < -0.4 is 5.32 Å². The van der Waals surface area contributed by atoms with E-state index in [4.69, 9.17) is 11.6 Å². The van der Waals surface area contributed by atoms with Gasteiger partial charge in [-0.25, -0.2) is 8.42 Å². The summed E-state index contributed by atoms with van der Waals surface area (Å²) in [6.07, 6.45) is 0.262. The molecule has 4 aromatic carbocycles. The summed E-state index contributed by atoms with van der Waals surface area (Å²) in [6.45, 7) is 4.07. The highest BCUT2D eigenvalue weighted by molar-refractivity contribution is 7.89. The monoisotopic (exact) mass is 605 g/mol. The largest absolute Gasteiger partial charge is 0.354 e. The molecule has 0 aliphatic carbocycles. The van der Waals surface area contributed by atoms with E-state index >= 15 is 0 Å². The van der Waals surface area contributed by atoms with Crippen molar-refractivity contribution in [2.75, 3.05) is 20.1 Å². The van der Waals surface area contributed by atoms with Crippen LogP contribution in [0.1, 0.15) is 25.0 Å². The van der Waals surface area contributed by atoms with Gasteiger partial charge in [0.25, 0.3) is 0 Å². The molecule has 7 nitrogen and oxygen atoms in total. The highest BCUT2D eigenvalue weighted by Crippen LogP contribution is 2.23. The summed E-state index contributed by atoms with van der Waals surface area (Å²) in [5.41, 5.74) is 1.61. The van der Waals surface area contributed by atoms with E-state index < -0.39 is 28.5 Å². The molecule has 2 amide bonds. The van der Waals surface area contributed by atoms with Crippen molar-refractivity contribution in [1.82, 2.24) is 14.5 Å². The molecule has 1 atom stereocenters. The quantitative estimate of drug-likeness (QED) is 0.230. The molecule has 0 saturated carbocycles. The lowest BCUT2D eigenvalue weighted by Crippen LogP contribution is -2.53. The molecule has 4 aromatic rings. The lowest BCUT2D eigenvalue weighted by atomic mass is 10.0. The Morgan fingerprint density at radius 1 is 0.833 bits per heavy atom. The first-order chi connectivity index (χ1) is 20.0. The number of likely N-dealkylation sites (N-methyl/N-ethyl adjacent to an activating group) is 1. The van der Waals surface area contributed by atoms with E-state index in [9.17, 15) is 18.0 Å². The number of nitrogens with one attached hydrogen (secondary N) is 1. The Morgan fingerprint density at radius 3 is 2.19 bits per heavy atom. The van der Waals surface area contributed by atoms with Gasteiger partial charge in [-0.15, -0.1) is 0 Å². The van der Waals surface area contributed by atoms with Gasteiger partial charge in [0.05, 0.1) is 11.4 Å². The third-order valence-corrected chi connectivity index (χ3v) is 9.02. The fraction of sp³-hybridized carbons (Fsp3) is 0.273. The zero-order chi connectivity index (χ0) is 30.3. The van der Waals surface area contributed by atoms with Crippen molar-refractivity contribution in [1.29, 1.82) is 0 Å². The standard InChI is InChI=1S/C33H36ClN3O4S/c1-24(2)21-35-33(39)31(19-25-10-5-4-6-11-25)37(22-26-12-9-15-29(34)18-26)32(38)23-36(3)42(40,41)30-17-16-27-13-7-8-14-28(27)20-30/h4-18,20,24,31H,19,21-23H2,1-3H3,(H,35,39)/t31-/m1/s1. The molecular weight excluding hydrogens is 570 g/mol. The number of rotatable bonds is 12. The van der Waals surface area contributed by atoms with E-state index in [1.165, 1.54) is 11.9 Å². The summed E-state index contributed by atoms with van der Waals surface area (Å²) < 4.78 is 28.2. The second-order valence-electron chi connectivity index (χ2n) is 10.8. The predicted octanol–water partition coefficient (Wildman–Crippen LogP) is 5.53. The van der Waals surface area contributed by atoms with Gasteiger partial charge in [-0.2, -0.15) is 4.31 Å². The summed E-state index contributed by atoms with van der Waals surface area (Å²) in [6, 6.07) is 28.0. The Balaban J connectivity index is 1.67. The Bertz CT molecular complexity index is 1640. The van der Waals surface area contributed by atoms with E-state index in [0.29, 0.717) is 11.6 Å². The SMILES string of the molecule is CC(C)CNC(=O)[C@@H](Cc1ccccc1)N(Cc1cccc(Cl)c1)C(=O)CN(C)S(=O)(=O)c1ccc2ccccc2c1. The fourth-order valence-corrected chi connectivity index (χ4v) is 6.05. The average molecular weight is 606 g/mol. The van der Waals surface area contributed by atoms with Gasteiger partial charge in [0.15, 0.2) is 0 Å². The van der Waals surface area contributed by atoms with Crippen LogP contribution in [0.3, 0.4) is 0 Å². The van der Waals surface area contributed by atoms with Crippen LogP contribution in [0.4, 0.5) is 0 Å². The topological polar surface area (TPSA) is 86.8 Å². The summed E-state index contributed by atoms with van der Waals surface area (Å²) in [5.74, 6) is -0.591. The summed E-state index contributed by atoms with van der Waals surface area (Å²) in [7, 11) is -2.62. The van der Waals surface area contributed by atoms with Crippen LogP contribution in [0, 0.1) is 5.92 Å². The first kappa shape index (κ1) is 31.2. The molecule has 220 valence electrons. The Morgan fingerprint density at radius 2 is 1.50 bits per heavy atom. The molecular formula is C33H36ClN3O4S. The molecule has 0 heterocycles. The van der Waals surface area contributed by atoms with Gasteiger partial charge in [0.1, 0.15) is 6.04 Å². The summed E-state index contributed by atoms with van der Waals surface area (Å²) >= 11 is 6.25. The highest BCUT2D eigenvalue weighted by Gasteiger charge is 2.33. The second kappa shape index (κ2) is 14.0. The number of carbonyl (C=O) groups excluding carboxylic acids is 2. The van der Waals surface area contributed by atoms with Gasteiger partial charge in [-0.3, -0.25) is 9.59 Å². The van der Waals surface area contributed by atoms with Crippen LogP contribution >= 0.6 is 11.6 Å². The van der Waals surface area contributed by atoms with Crippen LogP contribution in [0.5, 0.6) is 0 Å². The molecule has 0 bridgehead atoms. The van der Waals surface area contributed by atoms with Crippen molar-refractivity contribution in [3.8, 4) is 0 Å². The number of hydrogen-bond acceptors (Lipinski definition) is 4. The summed E-state index contributed by atoms with van der Waals surface area (Å²) in [5, 5.41) is 5.17. The summed E-state index contributed by atoms with van der Waals surface area (Å²) in [4.78, 5) is 29.2.